The predicted octanol–water partition coefficient (Wildman–Crippen LogP) is 0.584. The summed E-state index contributed by atoms with van der Waals surface area (Å²) >= 11 is 0. The van der Waals surface area contributed by atoms with Gasteiger partial charge in [-0.05, 0) is 19.0 Å². The fraction of sp³-hybridized carbons (Fsp3) is 0.500. The number of carboxylic acid groups (broad SMARTS) is 1. The molecule has 1 heterocycles. The summed E-state index contributed by atoms with van der Waals surface area (Å²) < 4.78 is 0. The van der Waals surface area contributed by atoms with Gasteiger partial charge in [-0.25, -0.2) is 0 Å². The van der Waals surface area contributed by atoms with Gasteiger partial charge >= 0.3 is 5.97 Å². The van der Waals surface area contributed by atoms with E-state index in [4.69, 9.17) is 5.11 Å². The van der Waals surface area contributed by atoms with Crippen LogP contribution in [0.1, 0.15) is 18.9 Å². The van der Waals surface area contributed by atoms with Gasteiger partial charge in [-0.1, -0.05) is 30.3 Å². The third-order valence-electron chi connectivity index (χ3n) is 4.05. The fourth-order valence-electron chi connectivity index (χ4n) is 2.81. The van der Waals surface area contributed by atoms with Crippen molar-refractivity contribution in [2.45, 2.75) is 32.0 Å². The number of carboxylic acids is 1. The second-order valence-electron chi connectivity index (χ2n) is 5.34. The van der Waals surface area contributed by atoms with E-state index in [0.29, 0.717) is 0 Å². The van der Waals surface area contributed by atoms with E-state index < -0.39 is 5.97 Å². The Bertz CT molecular complexity index is 427. The molecule has 0 radical (unpaired) electrons. The molecule has 1 N–H and O–H groups in total. The van der Waals surface area contributed by atoms with Gasteiger partial charge in [-0.3, -0.25) is 9.69 Å². The highest BCUT2D eigenvalue weighted by Gasteiger charge is 2.32. The molecule has 0 aromatic heterocycles. The number of rotatable bonds is 4. The van der Waals surface area contributed by atoms with E-state index in [0.717, 1.165) is 19.6 Å². The lowest BCUT2D eigenvalue weighted by Crippen LogP contribution is -2.57. The highest BCUT2D eigenvalue weighted by molar-refractivity contribution is 6.04. The zero-order chi connectivity index (χ0) is 13.8. The molecule has 1 aliphatic rings. The largest absolute Gasteiger partial charge is 0.481 e. The van der Waals surface area contributed by atoms with Crippen molar-refractivity contribution in [3.8, 4) is 0 Å². The van der Waals surface area contributed by atoms with Crippen molar-refractivity contribution in [3.05, 3.63) is 35.9 Å². The van der Waals surface area contributed by atoms with E-state index in [2.05, 4.69) is 28.8 Å². The summed E-state index contributed by atoms with van der Waals surface area (Å²) in [5, 5.41) is 9.03. The monoisotopic (exact) mass is 260 g/mol. The molecule has 0 bridgehead atoms. The van der Waals surface area contributed by atoms with Crippen LogP contribution in [0, 0.1) is 0 Å². The van der Waals surface area contributed by atoms with Crippen molar-refractivity contribution in [2.75, 3.05) is 13.1 Å². The number of aliphatic carboxylic acids is 1. The number of nitrogens with zero attached hydrogens (tertiary/aromatic N) is 2. The molecule has 0 saturated carbocycles. The van der Waals surface area contributed by atoms with Crippen LogP contribution in [0.3, 0.4) is 0 Å². The maximum Gasteiger partial charge on any atom is 0.304 e. The zero-order valence-electron chi connectivity index (χ0n) is 11.6. The lowest BCUT2D eigenvalue weighted by atomic mass is 9.96. The Balaban J connectivity index is 2.04. The first kappa shape index (κ1) is 14.1. The van der Waals surface area contributed by atoms with E-state index in [9.17, 15) is 4.79 Å². The van der Waals surface area contributed by atoms with Crippen molar-refractivity contribution in [1.29, 1.82) is 0 Å². The molecule has 4 nitrogen and oxygen atoms in total. The van der Waals surface area contributed by atoms with Gasteiger partial charge < -0.3 is 9.92 Å². The highest BCUT2D eigenvalue weighted by atomic mass is 16.4. The van der Waals surface area contributed by atoms with Crippen LogP contribution in [0.4, 0.5) is 0 Å². The summed E-state index contributed by atoms with van der Waals surface area (Å²) in [7, 11) is 2.02. The summed E-state index contributed by atoms with van der Waals surface area (Å²) in [6.07, 6.45) is 0.211. The Morgan fingerprint density at radius 3 is 2.68 bits per heavy atom. The molecule has 2 rings (SSSR count). The normalized spacial score (nSPS) is 25.3. The predicted molar refractivity (Wildman–Crippen MR) is 77.6 cm³/mol. The Labute approximate surface area is 115 Å². The van der Waals surface area contributed by atoms with Crippen molar-refractivity contribution in [3.63, 3.8) is 0 Å². The van der Waals surface area contributed by atoms with Crippen LogP contribution in [0.2, 0.25) is 0 Å². The van der Waals surface area contributed by atoms with Crippen LogP contribution in [0.15, 0.2) is 30.3 Å². The standard InChI is InChI=1S/C14H21BN2O2/c1-11-13(9-14(18)19)17(15)8-7-16(11)10-12-5-3-2-4-6-12/h2-6,11,13H,7-10,15H2,1H3,(H,18,19). The maximum atomic E-state index is 11.0. The number of hydrogen-bond donors (Lipinski definition) is 1. The van der Waals surface area contributed by atoms with E-state index in [1.807, 2.05) is 26.2 Å². The van der Waals surface area contributed by atoms with Crippen LogP contribution in [0.25, 0.3) is 0 Å². The summed E-state index contributed by atoms with van der Waals surface area (Å²) in [6.45, 7) is 4.94. The first-order chi connectivity index (χ1) is 9.08. The Kier molecular flexibility index (Phi) is 4.61. The molecule has 2 atom stereocenters. The molecular weight excluding hydrogens is 239 g/mol. The quantitative estimate of drug-likeness (QED) is 0.804. The van der Waals surface area contributed by atoms with Gasteiger partial charge in [-0.15, -0.1) is 0 Å². The Hall–Kier alpha value is -1.33. The Morgan fingerprint density at radius 1 is 1.37 bits per heavy atom. The molecule has 2 unspecified atom stereocenters. The van der Waals surface area contributed by atoms with E-state index in [1.54, 1.807) is 0 Å². The van der Waals surface area contributed by atoms with Crippen LogP contribution in [0.5, 0.6) is 0 Å². The maximum absolute atomic E-state index is 11.0. The first-order valence-electron chi connectivity index (χ1n) is 6.78. The zero-order valence-corrected chi connectivity index (χ0v) is 11.6. The fourth-order valence-corrected chi connectivity index (χ4v) is 2.81. The van der Waals surface area contributed by atoms with Crippen molar-refractivity contribution < 1.29 is 9.90 Å². The second kappa shape index (κ2) is 6.22. The molecule has 1 fully saturated rings. The minimum atomic E-state index is -0.717. The number of hydrogen-bond acceptors (Lipinski definition) is 3. The van der Waals surface area contributed by atoms with Crippen LogP contribution in [-0.4, -0.2) is 53.9 Å². The Morgan fingerprint density at radius 2 is 2.05 bits per heavy atom. The second-order valence-corrected chi connectivity index (χ2v) is 5.34. The van der Waals surface area contributed by atoms with Crippen LogP contribution < -0.4 is 0 Å². The number of benzene rings is 1. The molecule has 0 amide bonds. The average Bonchev–Trinajstić information content (AvgIpc) is 2.39. The van der Waals surface area contributed by atoms with Gasteiger partial charge in [0.05, 0.1) is 6.42 Å². The molecule has 102 valence electrons. The van der Waals surface area contributed by atoms with Crippen molar-refractivity contribution >= 4 is 14.0 Å². The molecule has 0 spiro atoms. The topological polar surface area (TPSA) is 43.8 Å². The van der Waals surface area contributed by atoms with Crippen molar-refractivity contribution in [2.24, 2.45) is 0 Å². The summed E-state index contributed by atoms with van der Waals surface area (Å²) in [5.74, 6) is -0.717. The van der Waals surface area contributed by atoms with Gasteiger partial charge in [-0.2, -0.15) is 0 Å². The third-order valence-corrected chi connectivity index (χ3v) is 4.05. The molecule has 5 heteroatoms. The summed E-state index contributed by atoms with van der Waals surface area (Å²) in [4.78, 5) is 15.5. The van der Waals surface area contributed by atoms with E-state index >= 15 is 0 Å². The third kappa shape index (κ3) is 3.58. The minimum absolute atomic E-state index is 0.0926. The highest BCUT2D eigenvalue weighted by Crippen LogP contribution is 2.20. The molecule has 0 aliphatic carbocycles. The summed E-state index contributed by atoms with van der Waals surface area (Å²) in [6, 6.07) is 10.7. The molecule has 1 aliphatic heterocycles. The SMILES string of the molecule is BN1CCN(Cc2ccccc2)C(C)C1CC(=O)O. The lowest BCUT2D eigenvalue weighted by molar-refractivity contribution is -0.139. The van der Waals surface area contributed by atoms with Gasteiger partial charge in [0.25, 0.3) is 0 Å². The van der Waals surface area contributed by atoms with Crippen molar-refractivity contribution in [1.82, 2.24) is 9.71 Å². The number of carbonyl (C=O) groups is 1. The molecule has 1 aromatic carbocycles. The van der Waals surface area contributed by atoms with Gasteiger partial charge in [0.1, 0.15) is 0 Å². The molecule has 1 saturated heterocycles. The van der Waals surface area contributed by atoms with Crippen LogP contribution in [-0.2, 0) is 11.3 Å². The van der Waals surface area contributed by atoms with Gasteiger partial charge in [0.15, 0.2) is 7.98 Å². The number of piperazine rings is 1. The molecule has 19 heavy (non-hydrogen) atoms. The van der Waals surface area contributed by atoms with E-state index in [-0.39, 0.29) is 18.5 Å². The van der Waals surface area contributed by atoms with Crippen LogP contribution >= 0.6 is 0 Å². The molecular formula is C14H21BN2O2. The van der Waals surface area contributed by atoms with Gasteiger partial charge in [0, 0.05) is 25.2 Å². The average molecular weight is 260 g/mol. The minimum Gasteiger partial charge on any atom is -0.481 e. The summed E-state index contributed by atoms with van der Waals surface area (Å²) in [5.41, 5.74) is 1.29. The molecule has 1 aromatic rings. The smallest absolute Gasteiger partial charge is 0.304 e. The van der Waals surface area contributed by atoms with E-state index in [1.165, 1.54) is 5.56 Å². The lowest BCUT2D eigenvalue weighted by Gasteiger charge is -2.45. The van der Waals surface area contributed by atoms with Gasteiger partial charge in [0.2, 0.25) is 0 Å². The first-order valence-corrected chi connectivity index (χ1v) is 6.78.